The first-order valence-corrected chi connectivity index (χ1v) is 10.5. The monoisotopic (exact) mass is 408 g/mol. The first kappa shape index (κ1) is 22.0. The molecule has 0 spiro atoms. The Balaban J connectivity index is 1.42. The predicted molar refractivity (Wildman–Crippen MR) is 122 cm³/mol. The molecule has 0 aromatic heterocycles. The van der Waals surface area contributed by atoms with Crippen LogP contribution in [0.3, 0.4) is 0 Å². The number of rotatable bonds is 6. The van der Waals surface area contributed by atoms with Crippen LogP contribution in [0, 0.1) is 27.7 Å². The van der Waals surface area contributed by atoms with Crippen LogP contribution in [0.2, 0.25) is 0 Å². The molecule has 2 amide bonds. The van der Waals surface area contributed by atoms with E-state index in [0.717, 1.165) is 43.1 Å². The van der Waals surface area contributed by atoms with Gasteiger partial charge in [-0.3, -0.25) is 19.4 Å². The fraction of sp³-hybridized carbons (Fsp3) is 0.417. The van der Waals surface area contributed by atoms with Crippen molar-refractivity contribution in [3.8, 4) is 0 Å². The molecule has 2 aromatic rings. The quantitative estimate of drug-likeness (QED) is 0.771. The highest BCUT2D eigenvalue weighted by Gasteiger charge is 2.21. The smallest absolute Gasteiger partial charge is 0.238 e. The molecule has 3 rings (SSSR count). The number of nitrogens with one attached hydrogen (secondary N) is 2. The van der Waals surface area contributed by atoms with E-state index in [1.54, 1.807) is 0 Å². The highest BCUT2D eigenvalue weighted by Crippen LogP contribution is 2.18. The number of nitrogens with zero attached hydrogens (tertiary/aromatic N) is 2. The Bertz CT molecular complexity index is 917. The third-order valence-corrected chi connectivity index (χ3v) is 5.87. The van der Waals surface area contributed by atoms with Crippen molar-refractivity contribution in [2.75, 3.05) is 49.9 Å². The first-order chi connectivity index (χ1) is 14.3. The number of carbonyl (C=O) groups is 2. The largest absolute Gasteiger partial charge is 0.325 e. The number of amides is 2. The molecule has 0 atom stereocenters. The topological polar surface area (TPSA) is 64.7 Å². The van der Waals surface area contributed by atoms with Crippen LogP contribution in [0.15, 0.2) is 36.4 Å². The van der Waals surface area contributed by atoms with E-state index in [1.807, 2.05) is 57.2 Å². The van der Waals surface area contributed by atoms with Crippen molar-refractivity contribution >= 4 is 23.2 Å². The van der Waals surface area contributed by atoms with Gasteiger partial charge < -0.3 is 10.6 Å². The summed E-state index contributed by atoms with van der Waals surface area (Å²) >= 11 is 0. The van der Waals surface area contributed by atoms with Crippen molar-refractivity contribution in [3.63, 3.8) is 0 Å². The van der Waals surface area contributed by atoms with Gasteiger partial charge in [-0.2, -0.15) is 0 Å². The van der Waals surface area contributed by atoms with Gasteiger partial charge in [-0.25, -0.2) is 0 Å². The van der Waals surface area contributed by atoms with Crippen LogP contribution in [0.5, 0.6) is 0 Å². The van der Waals surface area contributed by atoms with Crippen molar-refractivity contribution in [2.45, 2.75) is 27.7 Å². The number of hydrogen-bond donors (Lipinski definition) is 2. The fourth-order valence-corrected chi connectivity index (χ4v) is 3.61. The molecule has 1 aliphatic heterocycles. The molecule has 2 aromatic carbocycles. The van der Waals surface area contributed by atoms with Gasteiger partial charge >= 0.3 is 0 Å². The molecule has 6 nitrogen and oxygen atoms in total. The summed E-state index contributed by atoms with van der Waals surface area (Å²) in [6, 6.07) is 11.9. The van der Waals surface area contributed by atoms with Gasteiger partial charge in [0.2, 0.25) is 11.8 Å². The SMILES string of the molecule is Cc1ccc(NC(=O)CN2CCN(CC(=O)Nc3cccc(C)c3C)CC2)cc1C. The molecule has 160 valence electrons. The lowest BCUT2D eigenvalue weighted by atomic mass is 10.1. The van der Waals surface area contributed by atoms with E-state index in [9.17, 15) is 9.59 Å². The van der Waals surface area contributed by atoms with Crippen LogP contribution >= 0.6 is 0 Å². The first-order valence-electron chi connectivity index (χ1n) is 10.5. The number of carbonyl (C=O) groups excluding carboxylic acids is 2. The van der Waals surface area contributed by atoms with Crippen LogP contribution < -0.4 is 10.6 Å². The lowest BCUT2D eigenvalue weighted by Crippen LogP contribution is -2.50. The fourth-order valence-electron chi connectivity index (χ4n) is 3.61. The van der Waals surface area contributed by atoms with Gasteiger partial charge in [0.05, 0.1) is 13.1 Å². The minimum atomic E-state index is -0.000584. The van der Waals surface area contributed by atoms with E-state index in [0.29, 0.717) is 13.1 Å². The third kappa shape index (κ3) is 5.90. The Morgan fingerprint density at radius 3 is 1.97 bits per heavy atom. The zero-order valence-corrected chi connectivity index (χ0v) is 18.4. The Kier molecular flexibility index (Phi) is 7.24. The van der Waals surface area contributed by atoms with Gasteiger partial charge in [-0.05, 0) is 68.1 Å². The molecule has 0 radical (unpaired) electrons. The average Bonchev–Trinajstić information content (AvgIpc) is 2.70. The average molecular weight is 409 g/mol. The molecule has 2 N–H and O–H groups in total. The van der Waals surface area contributed by atoms with Crippen molar-refractivity contribution in [1.82, 2.24) is 9.80 Å². The van der Waals surface area contributed by atoms with E-state index in [2.05, 4.69) is 27.4 Å². The molecule has 1 aliphatic rings. The molecule has 0 bridgehead atoms. The molecule has 0 aliphatic carbocycles. The second kappa shape index (κ2) is 9.87. The van der Waals surface area contributed by atoms with Gasteiger partial charge in [0.25, 0.3) is 0 Å². The third-order valence-electron chi connectivity index (χ3n) is 5.87. The maximum atomic E-state index is 12.4. The normalized spacial score (nSPS) is 15.1. The highest BCUT2D eigenvalue weighted by atomic mass is 16.2. The number of hydrogen-bond acceptors (Lipinski definition) is 4. The maximum Gasteiger partial charge on any atom is 0.238 e. The molecule has 0 saturated carbocycles. The van der Waals surface area contributed by atoms with Crippen LogP contribution in [0.25, 0.3) is 0 Å². The summed E-state index contributed by atoms with van der Waals surface area (Å²) in [5.41, 5.74) is 6.36. The zero-order chi connectivity index (χ0) is 21.7. The number of benzene rings is 2. The van der Waals surface area contributed by atoms with E-state index >= 15 is 0 Å². The molecule has 1 heterocycles. The van der Waals surface area contributed by atoms with E-state index in [1.165, 1.54) is 16.7 Å². The Morgan fingerprint density at radius 2 is 1.37 bits per heavy atom. The van der Waals surface area contributed by atoms with Crippen LogP contribution in [-0.2, 0) is 9.59 Å². The summed E-state index contributed by atoms with van der Waals surface area (Å²) < 4.78 is 0. The second-order valence-corrected chi connectivity index (χ2v) is 8.20. The molecule has 0 unspecified atom stereocenters. The number of piperazine rings is 1. The lowest BCUT2D eigenvalue weighted by Gasteiger charge is -2.33. The van der Waals surface area contributed by atoms with Gasteiger partial charge in [0, 0.05) is 37.6 Å². The molecular weight excluding hydrogens is 376 g/mol. The maximum absolute atomic E-state index is 12.4. The Labute approximate surface area is 179 Å². The summed E-state index contributed by atoms with van der Waals surface area (Å²) in [6.45, 7) is 12.0. The summed E-state index contributed by atoms with van der Waals surface area (Å²) in [7, 11) is 0. The molecule has 30 heavy (non-hydrogen) atoms. The van der Waals surface area contributed by atoms with Gasteiger partial charge in [-0.1, -0.05) is 18.2 Å². The Morgan fingerprint density at radius 1 is 0.767 bits per heavy atom. The van der Waals surface area contributed by atoms with Gasteiger partial charge in [0.15, 0.2) is 0 Å². The summed E-state index contributed by atoms with van der Waals surface area (Å²) in [5.74, 6) is 0.00371. The minimum absolute atomic E-state index is 0.000584. The van der Waals surface area contributed by atoms with Crippen molar-refractivity contribution in [2.24, 2.45) is 0 Å². The zero-order valence-electron chi connectivity index (χ0n) is 18.4. The van der Waals surface area contributed by atoms with Crippen LogP contribution in [-0.4, -0.2) is 60.9 Å². The molecule has 1 fully saturated rings. The molecular formula is C24H32N4O2. The molecule has 1 saturated heterocycles. The van der Waals surface area contributed by atoms with Crippen molar-refractivity contribution in [1.29, 1.82) is 0 Å². The Hall–Kier alpha value is -2.70. The summed E-state index contributed by atoms with van der Waals surface area (Å²) in [6.07, 6.45) is 0. The lowest BCUT2D eigenvalue weighted by molar-refractivity contribution is -0.120. The number of aryl methyl sites for hydroxylation is 3. The molecule has 6 heteroatoms. The van der Waals surface area contributed by atoms with E-state index in [-0.39, 0.29) is 11.8 Å². The van der Waals surface area contributed by atoms with E-state index in [4.69, 9.17) is 0 Å². The predicted octanol–water partition coefficient (Wildman–Crippen LogP) is 3.12. The standard InChI is InChI=1S/C24H32N4O2/c1-17-8-9-21(14-19(17)3)25-23(29)15-27-10-12-28(13-11-27)16-24(30)26-22-7-5-6-18(2)20(22)4/h5-9,14H,10-13,15-16H2,1-4H3,(H,25,29)(H,26,30). The highest BCUT2D eigenvalue weighted by molar-refractivity contribution is 5.93. The van der Waals surface area contributed by atoms with Gasteiger partial charge in [0.1, 0.15) is 0 Å². The summed E-state index contributed by atoms with van der Waals surface area (Å²) in [5, 5.41) is 6.00. The van der Waals surface area contributed by atoms with E-state index < -0.39 is 0 Å². The van der Waals surface area contributed by atoms with Gasteiger partial charge in [-0.15, -0.1) is 0 Å². The van der Waals surface area contributed by atoms with Crippen molar-refractivity contribution in [3.05, 3.63) is 58.7 Å². The minimum Gasteiger partial charge on any atom is -0.325 e. The summed E-state index contributed by atoms with van der Waals surface area (Å²) in [4.78, 5) is 29.1. The van der Waals surface area contributed by atoms with Crippen LogP contribution in [0.1, 0.15) is 22.3 Å². The van der Waals surface area contributed by atoms with Crippen LogP contribution in [0.4, 0.5) is 11.4 Å². The van der Waals surface area contributed by atoms with Crippen molar-refractivity contribution < 1.29 is 9.59 Å². The second-order valence-electron chi connectivity index (χ2n) is 8.20. The number of anilines is 2.